The van der Waals surface area contributed by atoms with Gasteiger partial charge in [0, 0.05) is 4.91 Å². The maximum absolute atomic E-state index is 8.74. The van der Waals surface area contributed by atoms with Crippen molar-refractivity contribution in [3.05, 3.63) is 10.4 Å². The van der Waals surface area contributed by atoms with Gasteiger partial charge in [0.15, 0.2) is 0 Å². The summed E-state index contributed by atoms with van der Waals surface area (Å²) in [6.45, 7) is 11.1. The molecule has 3 nitrogen and oxygen atoms in total. The Morgan fingerprint density at radius 1 is 1.40 bits per heavy atom. The molecule has 0 N–H and O–H groups in total. The lowest BCUT2D eigenvalue weighted by Crippen LogP contribution is -2.49. The molecule has 1 aliphatic rings. The second-order valence-corrected chi connectivity index (χ2v) is 5.88. The summed E-state index contributed by atoms with van der Waals surface area (Å²) in [5, 5.41) is 4.12. The highest BCUT2D eigenvalue weighted by Gasteiger charge is 2.49. The van der Waals surface area contributed by atoms with Gasteiger partial charge in [-0.3, -0.25) is 0 Å². The van der Waals surface area contributed by atoms with Crippen molar-refractivity contribution in [2.45, 2.75) is 59.4 Å². The van der Waals surface area contributed by atoms with Crippen LogP contribution < -0.4 is 0 Å². The highest BCUT2D eigenvalue weighted by Crippen LogP contribution is 2.52. The van der Waals surface area contributed by atoms with Gasteiger partial charge in [-0.05, 0) is 35.6 Å². The summed E-state index contributed by atoms with van der Waals surface area (Å²) < 4.78 is 0. The third kappa shape index (κ3) is 1.98. The van der Waals surface area contributed by atoms with Gasteiger partial charge in [0.05, 0.1) is 5.54 Å². The monoisotopic (exact) mass is 209 g/mol. The molecule has 3 heteroatoms. The first kappa shape index (κ1) is 12.4. The first-order valence-corrected chi connectivity index (χ1v) is 5.92. The first-order chi connectivity index (χ1) is 6.85. The van der Waals surface area contributed by atoms with Crippen molar-refractivity contribution in [3.63, 3.8) is 0 Å². The van der Waals surface area contributed by atoms with Gasteiger partial charge in [-0.2, -0.15) is 0 Å². The number of hydrogen-bond acceptors (Lipinski definition) is 1. The highest BCUT2D eigenvalue weighted by molar-refractivity contribution is 5.04. The van der Waals surface area contributed by atoms with Gasteiger partial charge in [0.2, 0.25) is 0 Å². The van der Waals surface area contributed by atoms with Crippen LogP contribution in [0, 0.1) is 17.3 Å². The van der Waals surface area contributed by atoms with Crippen molar-refractivity contribution in [3.8, 4) is 0 Å². The largest absolute Gasteiger partial charge is 0.0870 e. The molecule has 86 valence electrons. The van der Waals surface area contributed by atoms with Gasteiger partial charge in [-0.25, -0.2) is 0 Å². The molecule has 0 amide bonds. The van der Waals surface area contributed by atoms with E-state index in [0.717, 1.165) is 6.42 Å². The Bertz CT molecular complexity index is 281. The van der Waals surface area contributed by atoms with Crippen LogP contribution in [0.4, 0.5) is 0 Å². The molecule has 0 bridgehead atoms. The van der Waals surface area contributed by atoms with Crippen molar-refractivity contribution < 1.29 is 0 Å². The van der Waals surface area contributed by atoms with E-state index in [1.165, 1.54) is 12.8 Å². The van der Waals surface area contributed by atoms with Gasteiger partial charge in [-0.1, -0.05) is 46.2 Å². The van der Waals surface area contributed by atoms with Crippen LogP contribution >= 0.6 is 0 Å². The van der Waals surface area contributed by atoms with Gasteiger partial charge in [-0.15, -0.1) is 0 Å². The maximum Gasteiger partial charge on any atom is 0.0518 e. The van der Waals surface area contributed by atoms with E-state index < -0.39 is 0 Å². The van der Waals surface area contributed by atoms with Crippen LogP contribution in [0.5, 0.6) is 0 Å². The van der Waals surface area contributed by atoms with E-state index in [-0.39, 0.29) is 11.0 Å². The molecule has 0 aliphatic heterocycles. The summed E-state index contributed by atoms with van der Waals surface area (Å²) in [6, 6.07) is 0. The smallest absolute Gasteiger partial charge is 0.0518 e. The van der Waals surface area contributed by atoms with Crippen LogP contribution in [0.1, 0.15) is 53.9 Å². The number of hydrogen-bond donors (Lipinski definition) is 0. The normalized spacial score (nSPS) is 41.3. The minimum atomic E-state index is -0.215. The number of azide groups is 1. The highest BCUT2D eigenvalue weighted by atomic mass is 15.2. The number of rotatable bonds is 2. The third-order valence-electron chi connectivity index (χ3n) is 4.67. The molecule has 1 fully saturated rings. The Labute approximate surface area is 92.9 Å². The van der Waals surface area contributed by atoms with Crippen molar-refractivity contribution in [2.75, 3.05) is 0 Å². The molecule has 0 aromatic rings. The lowest BCUT2D eigenvalue weighted by atomic mass is 9.56. The van der Waals surface area contributed by atoms with Gasteiger partial charge >= 0.3 is 0 Å². The van der Waals surface area contributed by atoms with Gasteiger partial charge < -0.3 is 0 Å². The SMILES string of the molecule is CC(C)[C@]1(C)CC[C@@H](C)C[C@@]1(C)N=[N+]=[N-]. The Balaban J connectivity index is 3.09. The van der Waals surface area contributed by atoms with Crippen molar-refractivity contribution in [1.29, 1.82) is 0 Å². The predicted molar refractivity (Wildman–Crippen MR) is 63.5 cm³/mol. The van der Waals surface area contributed by atoms with E-state index >= 15 is 0 Å². The molecule has 0 heterocycles. The molecule has 1 rings (SSSR count). The Morgan fingerprint density at radius 3 is 2.47 bits per heavy atom. The molecular weight excluding hydrogens is 186 g/mol. The fourth-order valence-corrected chi connectivity index (χ4v) is 2.99. The van der Waals surface area contributed by atoms with E-state index in [9.17, 15) is 0 Å². The summed E-state index contributed by atoms with van der Waals surface area (Å²) in [5.74, 6) is 1.23. The van der Waals surface area contributed by atoms with Crippen LogP contribution in [0.15, 0.2) is 5.11 Å². The Hall–Kier alpha value is -0.690. The van der Waals surface area contributed by atoms with Crippen molar-refractivity contribution >= 4 is 0 Å². The van der Waals surface area contributed by atoms with Crippen LogP contribution in [0.3, 0.4) is 0 Å². The van der Waals surface area contributed by atoms with Gasteiger partial charge in [0.1, 0.15) is 0 Å². The lowest BCUT2D eigenvalue weighted by Gasteiger charge is -2.52. The van der Waals surface area contributed by atoms with Crippen molar-refractivity contribution in [1.82, 2.24) is 0 Å². The van der Waals surface area contributed by atoms with Crippen LogP contribution in [-0.2, 0) is 0 Å². The van der Waals surface area contributed by atoms with Crippen LogP contribution in [0.25, 0.3) is 10.4 Å². The maximum atomic E-state index is 8.74. The molecule has 15 heavy (non-hydrogen) atoms. The molecule has 0 unspecified atom stereocenters. The topological polar surface area (TPSA) is 48.8 Å². The van der Waals surface area contributed by atoms with E-state index in [4.69, 9.17) is 5.53 Å². The summed E-state index contributed by atoms with van der Waals surface area (Å²) >= 11 is 0. The average Bonchev–Trinajstić information content (AvgIpc) is 2.12. The zero-order valence-electron chi connectivity index (χ0n) is 10.6. The molecule has 1 saturated carbocycles. The Kier molecular flexibility index (Phi) is 3.34. The third-order valence-corrected chi connectivity index (χ3v) is 4.67. The summed E-state index contributed by atoms with van der Waals surface area (Å²) in [6.07, 6.45) is 3.44. The molecule has 0 spiro atoms. The van der Waals surface area contributed by atoms with E-state index in [2.05, 4.69) is 44.6 Å². The molecule has 0 radical (unpaired) electrons. The second-order valence-electron chi connectivity index (χ2n) is 5.88. The van der Waals surface area contributed by atoms with E-state index in [0.29, 0.717) is 11.8 Å². The van der Waals surface area contributed by atoms with Crippen molar-refractivity contribution in [2.24, 2.45) is 22.4 Å². The zero-order chi connectivity index (χ0) is 11.7. The average molecular weight is 209 g/mol. The fraction of sp³-hybridized carbons (Fsp3) is 1.00. The Morgan fingerprint density at radius 2 is 2.00 bits per heavy atom. The zero-order valence-corrected chi connectivity index (χ0v) is 10.6. The van der Waals surface area contributed by atoms with Crippen LogP contribution in [0.2, 0.25) is 0 Å². The predicted octanol–water partition coefficient (Wildman–Crippen LogP) is 4.54. The van der Waals surface area contributed by atoms with Crippen LogP contribution in [-0.4, -0.2) is 5.54 Å². The number of nitrogens with zero attached hydrogens (tertiary/aromatic N) is 3. The molecule has 0 saturated heterocycles. The molecular formula is C12H23N3. The summed E-state index contributed by atoms with van der Waals surface area (Å²) in [7, 11) is 0. The molecule has 0 aromatic heterocycles. The summed E-state index contributed by atoms with van der Waals surface area (Å²) in [5.41, 5.74) is 8.67. The lowest BCUT2D eigenvalue weighted by molar-refractivity contribution is 0.0233. The van der Waals surface area contributed by atoms with E-state index in [1.54, 1.807) is 0 Å². The molecule has 1 aliphatic carbocycles. The standard InChI is InChI=1S/C12H23N3/c1-9(2)11(4)7-6-10(3)8-12(11,5)14-15-13/h9-10H,6-8H2,1-5H3/t10-,11+,12-/m1/s1. The van der Waals surface area contributed by atoms with Gasteiger partial charge in [0.25, 0.3) is 0 Å². The first-order valence-electron chi connectivity index (χ1n) is 5.92. The minimum absolute atomic E-state index is 0.145. The molecule has 0 aromatic carbocycles. The second kappa shape index (κ2) is 4.05. The fourth-order valence-electron chi connectivity index (χ4n) is 2.99. The quantitative estimate of drug-likeness (QED) is 0.364. The summed E-state index contributed by atoms with van der Waals surface area (Å²) in [4.78, 5) is 3.07. The molecule has 3 atom stereocenters. The minimum Gasteiger partial charge on any atom is -0.0870 e. The van der Waals surface area contributed by atoms with E-state index in [1.807, 2.05) is 0 Å².